The van der Waals surface area contributed by atoms with Crippen LogP contribution in [0.25, 0.3) is 0 Å². The Balaban J connectivity index is 5.21. The van der Waals surface area contributed by atoms with E-state index in [2.05, 4.69) is 41.5 Å². The summed E-state index contributed by atoms with van der Waals surface area (Å²) in [6.45, 7) is 9.42. The van der Waals surface area contributed by atoms with E-state index in [4.69, 9.17) is 37.0 Å². The SMILES string of the molecule is CCCCCCCCCCCCCCCCCC(=O)OC[C@H](COP(=O)(O)OC[C@@H](O)COP(=O)(O)OC[C@@H](COC(=O)CCCCCCCCCC)OC(=O)CCCCCCCCC(C)C)OC(=O)CCCCCCCCCCCCCCC(C)C. The largest absolute Gasteiger partial charge is 0.472 e. The lowest BCUT2D eigenvalue weighted by Crippen LogP contribution is -2.30. The molecule has 3 N–H and O–H groups in total. The standard InChI is InChI=1S/C68H132O17P2/c1-7-9-11-13-15-17-18-19-20-21-25-28-32-39-45-51-66(71)79-56-63(84-67(72)52-46-40-33-29-26-23-22-24-27-30-36-42-48-60(3)4)58-82-86(74,75)80-54-62(69)55-81-87(76,77)83-59-64(57-78-65(70)50-44-38-31-16-14-12-10-8-2)85-68(73)53-47-41-35-34-37-43-49-61(5)6/h60-64,69H,7-59H2,1-6H3,(H,74,75)(H,76,77)/t62-,63-,64-/m1/s1. The first-order chi connectivity index (χ1) is 41.9. The van der Waals surface area contributed by atoms with Crippen LogP contribution in [0.2, 0.25) is 0 Å². The molecule has 0 heterocycles. The van der Waals surface area contributed by atoms with Gasteiger partial charge in [0.25, 0.3) is 0 Å². The van der Waals surface area contributed by atoms with Crippen LogP contribution in [0.3, 0.4) is 0 Å². The zero-order valence-electron chi connectivity index (χ0n) is 56.3. The molecule has 0 aliphatic rings. The van der Waals surface area contributed by atoms with Crippen molar-refractivity contribution < 1.29 is 80.2 Å². The van der Waals surface area contributed by atoms with E-state index >= 15 is 0 Å². The van der Waals surface area contributed by atoms with Crippen LogP contribution in [0, 0.1) is 11.8 Å². The molecule has 0 bridgehead atoms. The molecule has 0 aliphatic heterocycles. The third-order valence-electron chi connectivity index (χ3n) is 15.7. The first kappa shape index (κ1) is 85.1. The van der Waals surface area contributed by atoms with Gasteiger partial charge in [0.2, 0.25) is 0 Å². The van der Waals surface area contributed by atoms with Crippen LogP contribution < -0.4 is 0 Å². The van der Waals surface area contributed by atoms with Gasteiger partial charge in [-0.2, -0.15) is 0 Å². The van der Waals surface area contributed by atoms with Gasteiger partial charge < -0.3 is 33.8 Å². The monoisotopic (exact) mass is 1280 g/mol. The van der Waals surface area contributed by atoms with Crippen molar-refractivity contribution >= 4 is 39.5 Å². The molecule has 0 spiro atoms. The minimum absolute atomic E-state index is 0.102. The van der Waals surface area contributed by atoms with Crippen LogP contribution in [0.5, 0.6) is 0 Å². The fourth-order valence-corrected chi connectivity index (χ4v) is 11.8. The number of rotatable bonds is 67. The number of carbonyl (C=O) groups excluding carboxylic acids is 4. The zero-order chi connectivity index (χ0) is 64.3. The minimum atomic E-state index is -4.95. The Labute approximate surface area is 530 Å². The highest BCUT2D eigenvalue weighted by Gasteiger charge is 2.30. The number of aliphatic hydroxyl groups excluding tert-OH is 1. The molecule has 5 atom stereocenters. The molecule has 0 fully saturated rings. The van der Waals surface area contributed by atoms with E-state index in [0.717, 1.165) is 102 Å². The Hall–Kier alpha value is -1.94. The number of carbonyl (C=O) groups is 4. The number of esters is 4. The van der Waals surface area contributed by atoms with Crippen LogP contribution in [0.4, 0.5) is 0 Å². The molecule has 0 aromatic heterocycles. The summed E-state index contributed by atoms with van der Waals surface area (Å²) < 4.78 is 68.1. The molecule has 516 valence electrons. The van der Waals surface area contributed by atoms with E-state index in [0.29, 0.717) is 31.6 Å². The maximum Gasteiger partial charge on any atom is 0.472 e. The van der Waals surface area contributed by atoms with E-state index in [1.807, 2.05) is 0 Å². The third kappa shape index (κ3) is 62.6. The van der Waals surface area contributed by atoms with Crippen molar-refractivity contribution in [2.45, 2.75) is 362 Å². The Bertz CT molecular complexity index is 1700. The Morgan fingerprint density at radius 2 is 0.529 bits per heavy atom. The lowest BCUT2D eigenvalue weighted by Gasteiger charge is -2.21. The lowest BCUT2D eigenvalue weighted by atomic mass is 10.0. The van der Waals surface area contributed by atoms with Gasteiger partial charge in [-0.05, 0) is 37.5 Å². The molecule has 0 aromatic carbocycles. The van der Waals surface area contributed by atoms with E-state index in [-0.39, 0.29) is 25.7 Å². The van der Waals surface area contributed by atoms with E-state index < -0.39 is 97.5 Å². The minimum Gasteiger partial charge on any atom is -0.462 e. The fraction of sp³-hybridized carbons (Fsp3) is 0.941. The normalized spacial score (nSPS) is 14.2. The highest BCUT2D eigenvalue weighted by molar-refractivity contribution is 7.47. The Kier molecular flexibility index (Phi) is 59.0. The smallest absolute Gasteiger partial charge is 0.462 e. The highest BCUT2D eigenvalue weighted by Crippen LogP contribution is 2.45. The molecule has 0 saturated carbocycles. The van der Waals surface area contributed by atoms with Crippen molar-refractivity contribution in [3.05, 3.63) is 0 Å². The molecule has 87 heavy (non-hydrogen) atoms. The van der Waals surface area contributed by atoms with Crippen molar-refractivity contribution in [1.29, 1.82) is 0 Å². The summed E-state index contributed by atoms with van der Waals surface area (Å²) in [6.07, 6.45) is 44.6. The summed E-state index contributed by atoms with van der Waals surface area (Å²) in [7, 11) is -9.89. The molecule has 17 nitrogen and oxygen atoms in total. The number of hydrogen-bond acceptors (Lipinski definition) is 15. The Morgan fingerprint density at radius 1 is 0.310 bits per heavy atom. The predicted octanol–water partition coefficient (Wildman–Crippen LogP) is 19.2. The summed E-state index contributed by atoms with van der Waals surface area (Å²) in [4.78, 5) is 72.3. The average molecular weight is 1280 g/mol. The van der Waals surface area contributed by atoms with Gasteiger partial charge in [0.1, 0.15) is 19.3 Å². The van der Waals surface area contributed by atoms with Crippen molar-refractivity contribution in [2.75, 3.05) is 39.6 Å². The molecule has 2 unspecified atom stereocenters. The number of aliphatic hydroxyl groups is 1. The van der Waals surface area contributed by atoms with E-state index in [1.54, 1.807) is 0 Å². The number of hydrogen-bond donors (Lipinski definition) is 3. The summed E-state index contributed by atoms with van der Waals surface area (Å²) in [5.41, 5.74) is 0. The van der Waals surface area contributed by atoms with Gasteiger partial charge in [0.05, 0.1) is 26.4 Å². The van der Waals surface area contributed by atoms with Crippen LogP contribution in [0.15, 0.2) is 0 Å². The first-order valence-corrected chi connectivity index (χ1v) is 38.5. The summed E-state index contributed by atoms with van der Waals surface area (Å²) in [5, 5.41) is 10.6. The fourth-order valence-electron chi connectivity index (χ4n) is 10.2. The van der Waals surface area contributed by atoms with Gasteiger partial charge in [-0.15, -0.1) is 0 Å². The number of ether oxygens (including phenoxy) is 4. The van der Waals surface area contributed by atoms with Gasteiger partial charge in [-0.1, -0.05) is 292 Å². The molecule has 0 rings (SSSR count). The van der Waals surface area contributed by atoms with Crippen molar-refractivity contribution in [3.63, 3.8) is 0 Å². The molecule has 19 heteroatoms. The van der Waals surface area contributed by atoms with Crippen LogP contribution in [0.1, 0.15) is 343 Å². The second-order valence-corrected chi connectivity index (χ2v) is 28.4. The maximum atomic E-state index is 13.0. The number of phosphoric acid groups is 2. The summed E-state index contributed by atoms with van der Waals surface area (Å²) in [5.74, 6) is -0.687. The lowest BCUT2D eigenvalue weighted by molar-refractivity contribution is -0.161. The molecular formula is C68H132O17P2. The second-order valence-electron chi connectivity index (χ2n) is 25.5. The van der Waals surface area contributed by atoms with Gasteiger partial charge >= 0.3 is 39.5 Å². The quantitative estimate of drug-likeness (QED) is 0.0222. The molecule has 0 radical (unpaired) electrons. The van der Waals surface area contributed by atoms with Crippen molar-refractivity contribution in [2.24, 2.45) is 11.8 Å². The average Bonchev–Trinajstić information content (AvgIpc) is 3.69. The number of phosphoric ester groups is 2. The topological polar surface area (TPSA) is 237 Å². The van der Waals surface area contributed by atoms with Gasteiger partial charge in [-0.25, -0.2) is 9.13 Å². The van der Waals surface area contributed by atoms with Crippen molar-refractivity contribution in [1.82, 2.24) is 0 Å². The van der Waals surface area contributed by atoms with Crippen LogP contribution >= 0.6 is 15.6 Å². The summed E-state index contributed by atoms with van der Waals surface area (Å²) >= 11 is 0. The summed E-state index contributed by atoms with van der Waals surface area (Å²) in [6, 6.07) is 0. The molecular weight excluding hydrogens is 1150 g/mol. The Morgan fingerprint density at radius 3 is 0.782 bits per heavy atom. The highest BCUT2D eigenvalue weighted by atomic mass is 31.2. The van der Waals surface area contributed by atoms with Crippen molar-refractivity contribution in [3.8, 4) is 0 Å². The second kappa shape index (κ2) is 60.3. The predicted molar refractivity (Wildman–Crippen MR) is 349 cm³/mol. The zero-order valence-corrected chi connectivity index (χ0v) is 58.1. The van der Waals surface area contributed by atoms with Gasteiger partial charge in [0.15, 0.2) is 12.2 Å². The van der Waals surface area contributed by atoms with E-state index in [1.165, 1.54) is 154 Å². The third-order valence-corrected chi connectivity index (χ3v) is 17.6. The molecule has 0 aliphatic carbocycles. The number of unbranched alkanes of at least 4 members (excludes halogenated alkanes) is 37. The first-order valence-electron chi connectivity index (χ1n) is 35.5. The maximum absolute atomic E-state index is 13.0. The molecule has 0 amide bonds. The van der Waals surface area contributed by atoms with E-state index in [9.17, 15) is 43.2 Å². The van der Waals surface area contributed by atoms with Gasteiger partial charge in [0, 0.05) is 25.7 Å². The van der Waals surface area contributed by atoms with Crippen LogP contribution in [-0.4, -0.2) is 96.7 Å². The molecule has 0 saturated heterocycles. The van der Waals surface area contributed by atoms with Gasteiger partial charge in [-0.3, -0.25) is 37.3 Å². The molecule has 0 aromatic rings. The van der Waals surface area contributed by atoms with Crippen LogP contribution in [-0.2, 0) is 65.4 Å².